The van der Waals surface area contributed by atoms with Crippen molar-refractivity contribution in [3.63, 3.8) is 0 Å². The quantitative estimate of drug-likeness (QED) is 0.762. The third-order valence-corrected chi connectivity index (χ3v) is 3.52. The van der Waals surface area contributed by atoms with Gasteiger partial charge < -0.3 is 5.73 Å². The van der Waals surface area contributed by atoms with E-state index in [2.05, 4.69) is 37.8 Å². The van der Waals surface area contributed by atoms with Crippen LogP contribution >= 0.6 is 0 Å². The standard InChI is InChI=1S/C15H26N2O/c1-4-5-6-14(12(2)3)13-7-9-17(10-8-13)11-15(16)18/h5-6,13H,4,7-11H2,1-3H3,(H2,16,18)/b6-5-. The highest BCUT2D eigenvalue weighted by molar-refractivity contribution is 5.75. The predicted octanol–water partition coefficient (Wildman–Crippen LogP) is 2.49. The summed E-state index contributed by atoms with van der Waals surface area (Å²) in [5, 5.41) is 0. The molecule has 1 rings (SSSR count). The fraction of sp³-hybridized carbons (Fsp3) is 0.667. The Morgan fingerprint density at radius 3 is 2.39 bits per heavy atom. The number of amides is 1. The predicted molar refractivity (Wildman–Crippen MR) is 76.2 cm³/mol. The highest BCUT2D eigenvalue weighted by Crippen LogP contribution is 2.27. The van der Waals surface area contributed by atoms with Gasteiger partial charge in [-0.15, -0.1) is 0 Å². The average Bonchev–Trinajstić information content (AvgIpc) is 2.30. The number of piperidine rings is 1. The number of primary amides is 1. The van der Waals surface area contributed by atoms with E-state index in [0.717, 1.165) is 32.4 Å². The van der Waals surface area contributed by atoms with Gasteiger partial charge in [-0.2, -0.15) is 0 Å². The highest BCUT2D eigenvalue weighted by Gasteiger charge is 2.22. The zero-order chi connectivity index (χ0) is 13.5. The van der Waals surface area contributed by atoms with Crippen LogP contribution < -0.4 is 5.73 Å². The van der Waals surface area contributed by atoms with E-state index in [1.54, 1.807) is 0 Å². The first-order valence-corrected chi connectivity index (χ1v) is 6.89. The highest BCUT2D eigenvalue weighted by atomic mass is 16.1. The molecule has 0 aromatic heterocycles. The van der Waals surface area contributed by atoms with E-state index in [1.807, 2.05) is 0 Å². The Morgan fingerprint density at radius 1 is 1.33 bits per heavy atom. The molecule has 0 saturated carbocycles. The average molecular weight is 250 g/mol. The first-order valence-electron chi connectivity index (χ1n) is 6.89. The van der Waals surface area contributed by atoms with Crippen molar-refractivity contribution in [1.82, 2.24) is 4.90 Å². The molecule has 0 spiro atoms. The van der Waals surface area contributed by atoms with Gasteiger partial charge in [0.05, 0.1) is 6.54 Å². The second kappa shape index (κ2) is 7.37. The van der Waals surface area contributed by atoms with Crippen LogP contribution in [0.5, 0.6) is 0 Å². The Hall–Kier alpha value is -1.09. The topological polar surface area (TPSA) is 46.3 Å². The Morgan fingerprint density at radius 2 is 1.94 bits per heavy atom. The number of nitrogens with two attached hydrogens (primary N) is 1. The van der Waals surface area contributed by atoms with Crippen LogP contribution in [-0.4, -0.2) is 30.4 Å². The molecule has 0 aromatic carbocycles. The minimum atomic E-state index is -0.221. The van der Waals surface area contributed by atoms with Crippen LogP contribution in [0.15, 0.2) is 23.3 Å². The van der Waals surface area contributed by atoms with E-state index in [-0.39, 0.29) is 5.91 Å². The fourth-order valence-corrected chi connectivity index (χ4v) is 2.58. The second-order valence-corrected chi connectivity index (χ2v) is 5.28. The summed E-state index contributed by atoms with van der Waals surface area (Å²) < 4.78 is 0. The van der Waals surface area contributed by atoms with Crippen molar-refractivity contribution in [3.05, 3.63) is 23.3 Å². The molecule has 0 aromatic rings. The molecule has 3 heteroatoms. The summed E-state index contributed by atoms with van der Waals surface area (Å²) >= 11 is 0. The SMILES string of the molecule is CC/C=C\C(=C(C)C)C1CCN(CC(N)=O)CC1. The van der Waals surface area contributed by atoms with Crippen molar-refractivity contribution in [1.29, 1.82) is 0 Å². The van der Waals surface area contributed by atoms with E-state index >= 15 is 0 Å². The number of rotatable bonds is 5. The Labute approximate surface area is 111 Å². The fourth-order valence-electron chi connectivity index (χ4n) is 2.58. The summed E-state index contributed by atoms with van der Waals surface area (Å²) in [5.74, 6) is 0.420. The summed E-state index contributed by atoms with van der Waals surface area (Å²) in [4.78, 5) is 13.1. The van der Waals surface area contributed by atoms with Crippen LogP contribution in [0.4, 0.5) is 0 Å². The van der Waals surface area contributed by atoms with Crippen LogP contribution in [-0.2, 0) is 4.79 Å². The zero-order valence-corrected chi connectivity index (χ0v) is 11.9. The molecule has 1 saturated heterocycles. The molecule has 0 radical (unpaired) electrons. The van der Waals surface area contributed by atoms with Gasteiger partial charge >= 0.3 is 0 Å². The summed E-state index contributed by atoms with van der Waals surface area (Å²) in [5.41, 5.74) is 8.12. The summed E-state index contributed by atoms with van der Waals surface area (Å²) in [6.07, 6.45) is 7.85. The van der Waals surface area contributed by atoms with E-state index < -0.39 is 0 Å². The molecule has 1 heterocycles. The van der Waals surface area contributed by atoms with Crippen LogP contribution in [0.2, 0.25) is 0 Å². The number of likely N-dealkylation sites (tertiary alicyclic amines) is 1. The Kier molecular flexibility index (Phi) is 6.13. The lowest BCUT2D eigenvalue weighted by Gasteiger charge is -2.32. The maximum Gasteiger partial charge on any atom is 0.231 e. The zero-order valence-electron chi connectivity index (χ0n) is 11.9. The molecule has 2 N–H and O–H groups in total. The third kappa shape index (κ3) is 4.65. The molecule has 18 heavy (non-hydrogen) atoms. The van der Waals surface area contributed by atoms with Crippen molar-refractivity contribution in [2.75, 3.05) is 19.6 Å². The smallest absolute Gasteiger partial charge is 0.231 e. The largest absolute Gasteiger partial charge is 0.369 e. The van der Waals surface area contributed by atoms with Crippen molar-refractivity contribution >= 4 is 5.91 Å². The van der Waals surface area contributed by atoms with Crippen molar-refractivity contribution in [2.45, 2.75) is 40.0 Å². The lowest BCUT2D eigenvalue weighted by atomic mass is 9.86. The van der Waals surface area contributed by atoms with Gasteiger partial charge in [-0.1, -0.05) is 24.6 Å². The number of carbonyl (C=O) groups is 1. The monoisotopic (exact) mass is 250 g/mol. The minimum absolute atomic E-state index is 0.221. The molecule has 1 aliphatic heterocycles. The number of hydrogen-bond donors (Lipinski definition) is 1. The first-order chi connectivity index (χ1) is 8.54. The van der Waals surface area contributed by atoms with Gasteiger partial charge in [-0.05, 0) is 57.7 Å². The van der Waals surface area contributed by atoms with Crippen LogP contribution in [0, 0.1) is 5.92 Å². The van der Waals surface area contributed by atoms with Crippen molar-refractivity contribution in [2.24, 2.45) is 11.7 Å². The number of carbonyl (C=O) groups excluding carboxylic acids is 1. The lowest BCUT2D eigenvalue weighted by molar-refractivity contribution is -0.119. The summed E-state index contributed by atoms with van der Waals surface area (Å²) in [6, 6.07) is 0. The van der Waals surface area contributed by atoms with E-state index in [1.165, 1.54) is 11.1 Å². The van der Waals surface area contributed by atoms with E-state index in [0.29, 0.717) is 12.5 Å². The molecule has 1 aliphatic rings. The molecule has 0 aliphatic carbocycles. The van der Waals surface area contributed by atoms with Gasteiger partial charge in [-0.25, -0.2) is 0 Å². The van der Waals surface area contributed by atoms with E-state index in [9.17, 15) is 4.79 Å². The number of nitrogens with zero attached hydrogens (tertiary/aromatic N) is 1. The van der Waals surface area contributed by atoms with Gasteiger partial charge in [-0.3, -0.25) is 9.69 Å². The van der Waals surface area contributed by atoms with Gasteiger partial charge in [0.15, 0.2) is 0 Å². The maximum absolute atomic E-state index is 10.9. The molecule has 1 fully saturated rings. The second-order valence-electron chi connectivity index (χ2n) is 5.28. The molecule has 0 bridgehead atoms. The van der Waals surface area contributed by atoms with Gasteiger partial charge in [0.25, 0.3) is 0 Å². The van der Waals surface area contributed by atoms with Crippen LogP contribution in [0.1, 0.15) is 40.0 Å². The summed E-state index contributed by atoms with van der Waals surface area (Å²) in [6.45, 7) is 8.89. The molecular weight excluding hydrogens is 224 g/mol. The van der Waals surface area contributed by atoms with Gasteiger partial charge in [0.1, 0.15) is 0 Å². The molecule has 1 amide bonds. The first kappa shape index (κ1) is 15.0. The van der Waals surface area contributed by atoms with Gasteiger partial charge in [0, 0.05) is 0 Å². The molecular formula is C15H26N2O. The Balaban J connectivity index is 2.57. The molecule has 102 valence electrons. The lowest BCUT2D eigenvalue weighted by Crippen LogP contribution is -2.39. The minimum Gasteiger partial charge on any atom is -0.369 e. The number of hydrogen-bond acceptors (Lipinski definition) is 2. The maximum atomic E-state index is 10.9. The third-order valence-electron chi connectivity index (χ3n) is 3.52. The Bertz CT molecular complexity index is 332. The summed E-state index contributed by atoms with van der Waals surface area (Å²) in [7, 11) is 0. The van der Waals surface area contributed by atoms with Gasteiger partial charge in [0.2, 0.25) is 5.91 Å². The molecule has 0 unspecified atom stereocenters. The van der Waals surface area contributed by atoms with Crippen molar-refractivity contribution in [3.8, 4) is 0 Å². The van der Waals surface area contributed by atoms with Crippen LogP contribution in [0.25, 0.3) is 0 Å². The normalized spacial score (nSPS) is 18.2. The van der Waals surface area contributed by atoms with E-state index in [4.69, 9.17) is 5.73 Å². The molecule has 0 atom stereocenters. The van der Waals surface area contributed by atoms with Crippen molar-refractivity contribution < 1.29 is 4.79 Å². The van der Waals surface area contributed by atoms with Crippen LogP contribution in [0.3, 0.4) is 0 Å². The molecule has 3 nitrogen and oxygen atoms in total. The number of allylic oxidation sites excluding steroid dienone is 4.